The summed E-state index contributed by atoms with van der Waals surface area (Å²) in [6, 6.07) is 6.86. The summed E-state index contributed by atoms with van der Waals surface area (Å²) in [7, 11) is 0. The molecule has 3 N–H and O–H groups in total. The van der Waals surface area contributed by atoms with Gasteiger partial charge in [0.25, 0.3) is 5.91 Å². The van der Waals surface area contributed by atoms with Crippen LogP contribution in [-0.4, -0.2) is 20.9 Å². The van der Waals surface area contributed by atoms with Crippen LogP contribution in [0, 0.1) is 0 Å². The first-order chi connectivity index (χ1) is 9.58. The minimum atomic E-state index is -0.254. The number of hydrogen-bond donors (Lipinski definition) is 2. The zero-order chi connectivity index (χ0) is 14.5. The van der Waals surface area contributed by atoms with Gasteiger partial charge in [0.1, 0.15) is 10.7 Å². The maximum Gasteiger partial charge on any atom is 0.270 e. The number of thiocarbonyl (C=S) groups is 1. The zero-order valence-corrected chi connectivity index (χ0v) is 11.7. The highest BCUT2D eigenvalue weighted by Crippen LogP contribution is 2.10. The molecule has 0 saturated carbocycles. The van der Waals surface area contributed by atoms with E-state index < -0.39 is 0 Å². The Morgan fingerprint density at radius 3 is 2.70 bits per heavy atom. The van der Waals surface area contributed by atoms with Crippen molar-refractivity contribution >= 4 is 23.1 Å². The van der Waals surface area contributed by atoms with Gasteiger partial charge < -0.3 is 11.1 Å². The summed E-state index contributed by atoms with van der Waals surface area (Å²) in [5.41, 5.74) is 7.37. The summed E-state index contributed by atoms with van der Waals surface area (Å²) in [5.74, 6) is -0.254. The monoisotopic (exact) mass is 286 g/mol. The van der Waals surface area contributed by atoms with Crippen LogP contribution in [0.1, 0.15) is 34.6 Å². The van der Waals surface area contributed by atoms with Crippen LogP contribution in [0.5, 0.6) is 0 Å². The SMILES string of the molecule is CC(NC(=O)c1ccc(C(N)=S)cn1)c1cccnc1. The number of amides is 1. The van der Waals surface area contributed by atoms with Crippen LogP contribution < -0.4 is 11.1 Å². The van der Waals surface area contributed by atoms with Gasteiger partial charge in [-0.15, -0.1) is 0 Å². The van der Waals surface area contributed by atoms with E-state index in [9.17, 15) is 4.79 Å². The average Bonchev–Trinajstić information content (AvgIpc) is 2.48. The first kappa shape index (κ1) is 14.1. The minimum Gasteiger partial charge on any atom is -0.389 e. The fourth-order valence-electron chi connectivity index (χ4n) is 1.66. The molecule has 0 fully saturated rings. The highest BCUT2D eigenvalue weighted by atomic mass is 32.1. The van der Waals surface area contributed by atoms with Gasteiger partial charge in [-0.1, -0.05) is 18.3 Å². The predicted octanol–water partition coefficient (Wildman–Crippen LogP) is 1.60. The smallest absolute Gasteiger partial charge is 0.270 e. The molecule has 6 heteroatoms. The Morgan fingerprint density at radius 2 is 2.15 bits per heavy atom. The fraction of sp³-hybridized carbons (Fsp3) is 0.143. The van der Waals surface area contributed by atoms with Crippen molar-refractivity contribution < 1.29 is 4.79 Å². The topological polar surface area (TPSA) is 80.9 Å². The molecule has 5 nitrogen and oxygen atoms in total. The molecule has 20 heavy (non-hydrogen) atoms. The number of pyridine rings is 2. The summed E-state index contributed by atoms with van der Waals surface area (Å²) in [6.07, 6.45) is 4.90. The number of nitrogens with one attached hydrogen (secondary N) is 1. The van der Waals surface area contributed by atoms with Crippen LogP contribution in [-0.2, 0) is 0 Å². The number of carbonyl (C=O) groups excluding carboxylic acids is 1. The number of nitrogens with zero attached hydrogens (tertiary/aromatic N) is 2. The number of aromatic nitrogens is 2. The van der Waals surface area contributed by atoms with Gasteiger partial charge in [-0.25, -0.2) is 0 Å². The van der Waals surface area contributed by atoms with Gasteiger partial charge in [-0.05, 0) is 30.7 Å². The third-order valence-electron chi connectivity index (χ3n) is 2.81. The van der Waals surface area contributed by atoms with Crippen molar-refractivity contribution in [2.45, 2.75) is 13.0 Å². The van der Waals surface area contributed by atoms with E-state index in [0.717, 1.165) is 5.56 Å². The Labute approximate surface area is 122 Å². The largest absolute Gasteiger partial charge is 0.389 e. The fourth-order valence-corrected chi connectivity index (χ4v) is 1.78. The van der Waals surface area contributed by atoms with Gasteiger partial charge in [0.05, 0.1) is 6.04 Å². The Hall–Kier alpha value is -2.34. The van der Waals surface area contributed by atoms with E-state index in [1.807, 2.05) is 19.1 Å². The second-order valence-corrected chi connectivity index (χ2v) is 4.72. The highest BCUT2D eigenvalue weighted by Gasteiger charge is 2.12. The molecule has 2 rings (SSSR count). The van der Waals surface area contributed by atoms with Crippen LogP contribution in [0.15, 0.2) is 42.9 Å². The molecule has 0 saturated heterocycles. The third kappa shape index (κ3) is 3.36. The molecule has 2 aromatic rings. The van der Waals surface area contributed by atoms with E-state index in [4.69, 9.17) is 18.0 Å². The maximum atomic E-state index is 12.1. The Bertz CT molecular complexity index is 613. The second kappa shape index (κ2) is 6.21. The molecular formula is C14H14N4OS. The van der Waals surface area contributed by atoms with Gasteiger partial charge in [-0.3, -0.25) is 14.8 Å². The Balaban J connectivity index is 2.06. The van der Waals surface area contributed by atoms with E-state index in [-0.39, 0.29) is 16.9 Å². The molecule has 0 radical (unpaired) electrons. The molecule has 1 atom stereocenters. The van der Waals surface area contributed by atoms with Gasteiger partial charge in [0, 0.05) is 24.2 Å². The van der Waals surface area contributed by atoms with Crippen molar-refractivity contribution in [1.29, 1.82) is 0 Å². The molecular weight excluding hydrogens is 272 g/mol. The molecule has 1 unspecified atom stereocenters. The summed E-state index contributed by atoms with van der Waals surface area (Å²) < 4.78 is 0. The number of nitrogens with two attached hydrogens (primary N) is 1. The molecule has 0 aliphatic carbocycles. The zero-order valence-electron chi connectivity index (χ0n) is 10.9. The quantitative estimate of drug-likeness (QED) is 0.834. The van der Waals surface area contributed by atoms with Gasteiger partial charge in [0.2, 0.25) is 0 Å². The number of hydrogen-bond acceptors (Lipinski definition) is 4. The summed E-state index contributed by atoms with van der Waals surface area (Å²) >= 11 is 4.84. The van der Waals surface area contributed by atoms with Crippen molar-refractivity contribution in [3.63, 3.8) is 0 Å². The van der Waals surface area contributed by atoms with Crippen molar-refractivity contribution in [3.05, 3.63) is 59.7 Å². The maximum absolute atomic E-state index is 12.1. The van der Waals surface area contributed by atoms with Crippen molar-refractivity contribution in [2.75, 3.05) is 0 Å². The summed E-state index contributed by atoms with van der Waals surface area (Å²) in [6.45, 7) is 1.89. The molecule has 0 aromatic carbocycles. The molecule has 0 bridgehead atoms. The average molecular weight is 286 g/mol. The van der Waals surface area contributed by atoms with Gasteiger partial charge >= 0.3 is 0 Å². The minimum absolute atomic E-state index is 0.145. The lowest BCUT2D eigenvalue weighted by Gasteiger charge is -2.13. The van der Waals surface area contributed by atoms with E-state index in [1.54, 1.807) is 24.5 Å². The van der Waals surface area contributed by atoms with E-state index in [0.29, 0.717) is 11.3 Å². The number of carbonyl (C=O) groups is 1. The lowest BCUT2D eigenvalue weighted by molar-refractivity contribution is 0.0935. The lowest BCUT2D eigenvalue weighted by atomic mass is 10.1. The Kier molecular flexibility index (Phi) is 4.37. The van der Waals surface area contributed by atoms with E-state index >= 15 is 0 Å². The van der Waals surface area contributed by atoms with Gasteiger partial charge in [-0.2, -0.15) is 0 Å². The van der Waals surface area contributed by atoms with E-state index in [1.165, 1.54) is 6.20 Å². The molecule has 0 spiro atoms. The molecule has 2 heterocycles. The molecule has 0 aliphatic rings. The van der Waals surface area contributed by atoms with Crippen LogP contribution in [0.3, 0.4) is 0 Å². The Morgan fingerprint density at radius 1 is 1.35 bits per heavy atom. The lowest BCUT2D eigenvalue weighted by Crippen LogP contribution is -2.27. The van der Waals surface area contributed by atoms with E-state index in [2.05, 4.69) is 15.3 Å². The molecule has 0 aliphatic heterocycles. The molecule has 102 valence electrons. The summed E-state index contributed by atoms with van der Waals surface area (Å²) in [4.78, 5) is 20.4. The molecule has 2 aromatic heterocycles. The highest BCUT2D eigenvalue weighted by molar-refractivity contribution is 7.80. The van der Waals surface area contributed by atoms with Gasteiger partial charge in [0.15, 0.2) is 0 Å². The first-order valence-electron chi connectivity index (χ1n) is 6.04. The molecule has 1 amide bonds. The number of rotatable bonds is 4. The van der Waals surface area contributed by atoms with Crippen molar-refractivity contribution in [3.8, 4) is 0 Å². The normalized spacial score (nSPS) is 11.7. The van der Waals surface area contributed by atoms with Crippen molar-refractivity contribution in [1.82, 2.24) is 15.3 Å². The van der Waals surface area contributed by atoms with Crippen LogP contribution in [0.25, 0.3) is 0 Å². The van der Waals surface area contributed by atoms with Crippen LogP contribution in [0.4, 0.5) is 0 Å². The second-order valence-electron chi connectivity index (χ2n) is 4.28. The van der Waals surface area contributed by atoms with Crippen molar-refractivity contribution in [2.24, 2.45) is 5.73 Å². The van der Waals surface area contributed by atoms with Crippen LogP contribution >= 0.6 is 12.2 Å². The summed E-state index contributed by atoms with van der Waals surface area (Å²) in [5, 5.41) is 2.86. The van der Waals surface area contributed by atoms with Crippen LogP contribution in [0.2, 0.25) is 0 Å². The first-order valence-corrected chi connectivity index (χ1v) is 6.45. The third-order valence-corrected chi connectivity index (χ3v) is 3.05. The standard InChI is InChI=1S/C14H14N4OS/c1-9(10-3-2-6-16-7-10)18-14(19)12-5-4-11(8-17-12)13(15)20/h2-9H,1H3,(H2,15,20)(H,18,19). The predicted molar refractivity (Wildman–Crippen MR) is 80.2 cm³/mol.